The lowest BCUT2D eigenvalue weighted by molar-refractivity contribution is 0.102. The topological polar surface area (TPSA) is 149 Å². The molecule has 0 aliphatic carbocycles. The van der Waals surface area contributed by atoms with Crippen molar-refractivity contribution in [2.24, 2.45) is 10.7 Å². The van der Waals surface area contributed by atoms with E-state index in [0.717, 1.165) is 12.5 Å². The van der Waals surface area contributed by atoms with Crippen molar-refractivity contribution in [2.75, 3.05) is 24.3 Å². The van der Waals surface area contributed by atoms with Crippen LogP contribution in [0.4, 0.5) is 14.6 Å². The number of anilines is 1. The Labute approximate surface area is 197 Å². The average Bonchev–Trinajstić information content (AvgIpc) is 2.81. The van der Waals surface area contributed by atoms with Crippen LogP contribution in [-0.4, -0.2) is 50.0 Å². The maximum absolute atomic E-state index is 15.0. The zero-order valence-corrected chi connectivity index (χ0v) is 19.5. The predicted octanol–water partition coefficient (Wildman–Crippen LogP) is 2.92. The number of nitrogens with zero attached hydrogens (tertiary/aromatic N) is 4. The number of amidine groups is 1. The number of hydrogen-bond acceptors (Lipinski definition) is 8. The van der Waals surface area contributed by atoms with Gasteiger partial charge in [0.25, 0.3) is 5.91 Å². The Bertz CT molecular complexity index is 1240. The van der Waals surface area contributed by atoms with Gasteiger partial charge in [-0.05, 0) is 50.5 Å². The van der Waals surface area contributed by atoms with Crippen LogP contribution in [0.15, 0.2) is 29.4 Å². The van der Waals surface area contributed by atoms with Crippen LogP contribution in [0, 0.1) is 24.1 Å². The molecule has 0 bridgehead atoms. The van der Waals surface area contributed by atoms with Crippen LogP contribution in [0.3, 0.4) is 0 Å². The molecule has 34 heavy (non-hydrogen) atoms. The number of halogens is 2. The molecule has 0 saturated carbocycles. The predicted molar refractivity (Wildman–Crippen MR) is 126 cm³/mol. The third kappa shape index (κ3) is 3.79. The molecule has 4 rings (SSSR count). The number of nitrogens with one attached hydrogen (secondary N) is 2. The maximum atomic E-state index is 15.0. The minimum absolute atomic E-state index is 0.0412. The molecule has 0 aromatic carbocycles. The van der Waals surface area contributed by atoms with Gasteiger partial charge in [-0.3, -0.25) is 14.5 Å². The van der Waals surface area contributed by atoms with Crippen molar-refractivity contribution in [3.8, 4) is 6.07 Å². The molecule has 1 saturated heterocycles. The molecule has 1 fully saturated rings. The molecule has 12 heteroatoms. The molecular weight excluding hydrogens is 464 g/mol. The fraction of sp³-hybridized carbons (Fsp3) is 0.409. The number of aromatic nitrogens is 2. The number of aliphatic imine (C=N–C) groups is 1. The molecule has 2 aliphatic heterocycles. The first-order valence-electron chi connectivity index (χ1n) is 10.6. The highest BCUT2D eigenvalue weighted by molar-refractivity contribution is 8.29. The summed E-state index contributed by atoms with van der Waals surface area (Å²) in [5.41, 5.74) is 4.88. The van der Waals surface area contributed by atoms with E-state index in [4.69, 9.17) is 11.0 Å². The second kappa shape index (κ2) is 8.57. The Balaban J connectivity index is 1.72. The van der Waals surface area contributed by atoms with Crippen molar-refractivity contribution in [3.05, 3.63) is 52.7 Å². The summed E-state index contributed by atoms with van der Waals surface area (Å²) in [6.45, 7) is 2.79. The number of fused-ring (bicyclic) bond motifs is 1. The molecule has 2 aromatic heterocycles. The standard InChI is InChI=1S/C22H25F2N7O2S/c1-13-8-14(9-25)10-27-17(13)19(32)30-16-5-4-15(24)18(29-16)22(11-23)12-34(33)21(2,20(26)31-22)6-3-7-28-34/h4-5,8,10,28,33H,3,6-7,11-12H2,1-2H3,(H2,26,31)(H,29,30,32)/t21-,22+/m1/s1. The van der Waals surface area contributed by atoms with Crippen LogP contribution in [0.5, 0.6) is 0 Å². The van der Waals surface area contributed by atoms with Crippen LogP contribution in [0.2, 0.25) is 0 Å². The normalized spacial score (nSPS) is 30.3. The molecule has 180 valence electrons. The first-order chi connectivity index (χ1) is 16.1. The van der Waals surface area contributed by atoms with E-state index in [0.29, 0.717) is 24.1 Å². The lowest BCUT2D eigenvalue weighted by Gasteiger charge is -2.57. The largest absolute Gasteiger partial charge is 0.386 e. The van der Waals surface area contributed by atoms with E-state index in [-0.39, 0.29) is 28.8 Å². The van der Waals surface area contributed by atoms with E-state index in [1.807, 2.05) is 6.07 Å². The van der Waals surface area contributed by atoms with Crippen molar-refractivity contribution in [3.63, 3.8) is 0 Å². The summed E-state index contributed by atoms with van der Waals surface area (Å²) < 4.78 is 43.3. The summed E-state index contributed by atoms with van der Waals surface area (Å²) in [4.78, 5) is 25.3. The fourth-order valence-corrected chi connectivity index (χ4v) is 7.44. The highest BCUT2D eigenvalue weighted by Gasteiger charge is 2.57. The summed E-state index contributed by atoms with van der Waals surface area (Å²) in [6, 6.07) is 5.75. The van der Waals surface area contributed by atoms with E-state index < -0.39 is 39.2 Å². The van der Waals surface area contributed by atoms with Crippen LogP contribution in [0.1, 0.15) is 47.1 Å². The van der Waals surface area contributed by atoms with Gasteiger partial charge in [0, 0.05) is 18.5 Å². The first-order valence-corrected chi connectivity index (χ1v) is 12.4. The zero-order chi connectivity index (χ0) is 24.7. The highest BCUT2D eigenvalue weighted by Crippen LogP contribution is 2.62. The number of rotatable bonds is 4. The summed E-state index contributed by atoms with van der Waals surface area (Å²) in [6.07, 6.45) is 2.61. The quantitative estimate of drug-likeness (QED) is 0.516. The lowest BCUT2D eigenvalue weighted by atomic mass is 9.95. The molecule has 0 spiro atoms. The molecule has 5 N–H and O–H groups in total. The van der Waals surface area contributed by atoms with Gasteiger partial charge in [-0.15, -0.1) is 0 Å². The van der Waals surface area contributed by atoms with Crippen molar-refractivity contribution in [2.45, 2.75) is 37.0 Å². The van der Waals surface area contributed by atoms with E-state index in [2.05, 4.69) is 25.0 Å². The van der Waals surface area contributed by atoms with Gasteiger partial charge in [0.2, 0.25) is 0 Å². The van der Waals surface area contributed by atoms with Gasteiger partial charge in [-0.2, -0.15) is 5.26 Å². The van der Waals surface area contributed by atoms with E-state index >= 15 is 0 Å². The first kappa shape index (κ1) is 24.0. The van der Waals surface area contributed by atoms with Gasteiger partial charge in [-0.25, -0.2) is 18.7 Å². The van der Waals surface area contributed by atoms with Gasteiger partial charge in [0.1, 0.15) is 47.1 Å². The van der Waals surface area contributed by atoms with Crippen LogP contribution in [-0.2, 0) is 5.54 Å². The molecular formula is C22H25F2N7O2S. The van der Waals surface area contributed by atoms with Gasteiger partial charge in [0.05, 0.1) is 10.3 Å². The highest BCUT2D eigenvalue weighted by atomic mass is 32.3. The maximum Gasteiger partial charge on any atom is 0.275 e. The van der Waals surface area contributed by atoms with Crippen molar-refractivity contribution >= 4 is 28.1 Å². The molecule has 4 heterocycles. The zero-order valence-electron chi connectivity index (χ0n) is 18.7. The van der Waals surface area contributed by atoms with Crippen molar-refractivity contribution in [1.29, 1.82) is 5.26 Å². The number of amides is 1. The summed E-state index contributed by atoms with van der Waals surface area (Å²) in [5.74, 6) is -1.65. The molecule has 1 unspecified atom stereocenters. The van der Waals surface area contributed by atoms with Crippen LogP contribution < -0.4 is 15.8 Å². The molecule has 2 aromatic rings. The second-order valence-corrected chi connectivity index (χ2v) is 11.6. The van der Waals surface area contributed by atoms with E-state index in [1.165, 1.54) is 18.3 Å². The molecule has 2 aliphatic rings. The fourth-order valence-electron chi connectivity index (χ4n) is 4.37. The Morgan fingerprint density at radius 3 is 2.91 bits per heavy atom. The van der Waals surface area contributed by atoms with Gasteiger partial charge in [-0.1, -0.05) is 10.5 Å². The number of nitrogens with two attached hydrogens (primary N) is 1. The minimum Gasteiger partial charge on any atom is -0.386 e. The van der Waals surface area contributed by atoms with Gasteiger partial charge >= 0.3 is 0 Å². The van der Waals surface area contributed by atoms with E-state index in [9.17, 15) is 18.1 Å². The molecule has 1 amide bonds. The summed E-state index contributed by atoms with van der Waals surface area (Å²) in [5, 5.41) is 11.5. The van der Waals surface area contributed by atoms with Gasteiger partial charge in [0.15, 0.2) is 0 Å². The number of alkyl halides is 1. The smallest absolute Gasteiger partial charge is 0.275 e. The van der Waals surface area contributed by atoms with Gasteiger partial charge < -0.3 is 15.6 Å². The Hall–Kier alpha value is -3.14. The monoisotopic (exact) mass is 489 g/mol. The summed E-state index contributed by atoms with van der Waals surface area (Å²) in [7, 11) is -2.68. The van der Waals surface area contributed by atoms with Crippen molar-refractivity contribution in [1.82, 2.24) is 14.7 Å². The molecule has 9 nitrogen and oxygen atoms in total. The Morgan fingerprint density at radius 2 is 2.24 bits per heavy atom. The third-order valence-electron chi connectivity index (χ3n) is 6.41. The average molecular weight is 490 g/mol. The number of pyridine rings is 2. The Kier molecular flexibility index (Phi) is 6.05. The number of carbonyl (C=O) groups excluding carboxylic acids is 1. The second-order valence-electron chi connectivity index (χ2n) is 8.72. The lowest BCUT2D eigenvalue weighted by Crippen LogP contribution is -2.61. The minimum atomic E-state index is -2.68. The third-order valence-corrected chi connectivity index (χ3v) is 9.89. The van der Waals surface area contributed by atoms with Crippen LogP contribution >= 0.6 is 10.5 Å². The number of nitriles is 1. The Morgan fingerprint density at radius 1 is 1.47 bits per heavy atom. The van der Waals surface area contributed by atoms with Crippen LogP contribution in [0.25, 0.3) is 0 Å². The molecule has 0 radical (unpaired) electrons. The summed E-state index contributed by atoms with van der Waals surface area (Å²) >= 11 is 0. The SMILES string of the molecule is Cc1cc(C#N)cnc1C(=O)Nc1ccc(F)c([C@]2(CF)CS3(O)NCCC[C@]3(C)C(N)=N2)n1. The number of hydrogen-bond donors (Lipinski definition) is 4. The molecule has 3 atom stereocenters. The van der Waals surface area contributed by atoms with E-state index in [1.54, 1.807) is 13.8 Å². The number of aryl methyl sites for hydroxylation is 1. The van der Waals surface area contributed by atoms with Crippen molar-refractivity contribution < 1.29 is 18.1 Å². The number of carbonyl (C=O) groups is 1.